The first-order valence-electron chi connectivity index (χ1n) is 5.87. The summed E-state index contributed by atoms with van der Waals surface area (Å²) in [7, 11) is 0. The number of nitrogens with zero attached hydrogens (tertiary/aromatic N) is 3. The van der Waals surface area contributed by atoms with Gasteiger partial charge in [-0.05, 0) is 18.8 Å². The molecule has 1 aromatic rings. The van der Waals surface area contributed by atoms with E-state index in [0.29, 0.717) is 36.2 Å². The van der Waals surface area contributed by atoms with E-state index in [4.69, 9.17) is 16.0 Å². The fraction of sp³-hybridized carbons (Fsp3) is 0.818. The van der Waals surface area contributed by atoms with Crippen molar-refractivity contribution in [3.8, 4) is 0 Å². The largest absolute Gasteiger partial charge is 0.408 e. The molecule has 2 rings (SSSR count). The van der Waals surface area contributed by atoms with E-state index in [9.17, 15) is 0 Å². The lowest BCUT2D eigenvalue weighted by molar-refractivity contribution is 0.439. The van der Waals surface area contributed by atoms with Crippen molar-refractivity contribution < 1.29 is 4.42 Å². The predicted octanol–water partition coefficient (Wildman–Crippen LogP) is 2.48. The van der Waals surface area contributed by atoms with Crippen LogP contribution in [0.1, 0.15) is 32.6 Å². The second-order valence-corrected chi connectivity index (χ2v) is 4.94. The van der Waals surface area contributed by atoms with Gasteiger partial charge in [0.05, 0.1) is 0 Å². The molecule has 2 heterocycles. The third-order valence-corrected chi connectivity index (χ3v) is 3.27. The number of aryl methyl sites for hydroxylation is 1. The molecule has 1 fully saturated rings. The highest BCUT2D eigenvalue weighted by Gasteiger charge is 2.30. The molecule has 0 aromatic carbocycles. The van der Waals surface area contributed by atoms with Crippen molar-refractivity contribution in [2.45, 2.75) is 39.2 Å². The predicted molar refractivity (Wildman–Crippen MR) is 63.9 cm³/mol. The topological polar surface area (TPSA) is 42.2 Å². The molecule has 0 radical (unpaired) electrons. The molecule has 0 N–H and O–H groups in total. The summed E-state index contributed by atoms with van der Waals surface area (Å²) in [6.07, 6.45) is 3.07. The lowest BCUT2D eigenvalue weighted by atomic mass is 10.0. The first-order chi connectivity index (χ1) is 7.72. The van der Waals surface area contributed by atoms with Gasteiger partial charge in [0, 0.05) is 24.9 Å². The second-order valence-electron chi connectivity index (χ2n) is 4.56. The normalized spacial score (nSPS) is 21.0. The highest BCUT2D eigenvalue weighted by Crippen LogP contribution is 2.28. The van der Waals surface area contributed by atoms with Crippen molar-refractivity contribution in [1.82, 2.24) is 10.2 Å². The summed E-state index contributed by atoms with van der Waals surface area (Å²) >= 11 is 5.64. The van der Waals surface area contributed by atoms with Crippen LogP contribution in [0.3, 0.4) is 0 Å². The van der Waals surface area contributed by atoms with Gasteiger partial charge in [-0.3, -0.25) is 0 Å². The fourth-order valence-corrected chi connectivity index (χ4v) is 2.43. The summed E-state index contributed by atoms with van der Waals surface area (Å²) in [6.45, 7) is 5.49. The zero-order valence-electron chi connectivity index (χ0n) is 9.82. The van der Waals surface area contributed by atoms with Crippen LogP contribution in [0.5, 0.6) is 0 Å². The average molecular weight is 244 g/mol. The molecule has 90 valence electrons. The van der Waals surface area contributed by atoms with E-state index >= 15 is 0 Å². The number of alkyl halides is 1. The quantitative estimate of drug-likeness (QED) is 0.762. The molecule has 0 saturated carbocycles. The van der Waals surface area contributed by atoms with E-state index in [2.05, 4.69) is 28.9 Å². The maximum absolute atomic E-state index is 5.64. The molecule has 0 spiro atoms. The van der Waals surface area contributed by atoms with Gasteiger partial charge in [0.2, 0.25) is 5.89 Å². The first-order valence-corrected chi connectivity index (χ1v) is 6.41. The number of hydrogen-bond donors (Lipinski definition) is 0. The van der Waals surface area contributed by atoms with Crippen LogP contribution in [0.25, 0.3) is 0 Å². The molecule has 0 bridgehead atoms. The molecule has 1 atom stereocenters. The summed E-state index contributed by atoms with van der Waals surface area (Å²) in [6, 6.07) is 1.20. The summed E-state index contributed by atoms with van der Waals surface area (Å²) in [5.74, 6) is 1.78. The Balaban J connectivity index is 2.10. The van der Waals surface area contributed by atoms with Crippen LogP contribution in [0.2, 0.25) is 0 Å². The monoisotopic (exact) mass is 243 g/mol. The van der Waals surface area contributed by atoms with Crippen molar-refractivity contribution in [3.63, 3.8) is 0 Å². The molecule has 4 nitrogen and oxygen atoms in total. The van der Waals surface area contributed by atoms with E-state index in [1.807, 2.05) is 0 Å². The van der Waals surface area contributed by atoms with Crippen molar-refractivity contribution in [1.29, 1.82) is 0 Å². The third-order valence-electron chi connectivity index (χ3n) is 3.08. The Bertz CT molecular complexity index is 340. The fourth-order valence-electron chi connectivity index (χ4n) is 2.27. The SMILES string of the molecule is CC(C)C1CCCN1c1nnc(CCCl)o1. The average Bonchev–Trinajstić information content (AvgIpc) is 2.83. The molecule has 0 aliphatic carbocycles. The number of anilines is 1. The molecular formula is C11H18ClN3O. The van der Waals surface area contributed by atoms with Crippen molar-refractivity contribution in [3.05, 3.63) is 5.89 Å². The van der Waals surface area contributed by atoms with Crippen LogP contribution in [-0.2, 0) is 6.42 Å². The van der Waals surface area contributed by atoms with E-state index in [0.717, 1.165) is 6.54 Å². The molecular weight excluding hydrogens is 226 g/mol. The minimum Gasteiger partial charge on any atom is -0.408 e. The van der Waals surface area contributed by atoms with Gasteiger partial charge in [-0.1, -0.05) is 18.9 Å². The molecule has 0 amide bonds. The summed E-state index contributed by atoms with van der Waals surface area (Å²) < 4.78 is 5.61. The van der Waals surface area contributed by atoms with Crippen LogP contribution in [0.4, 0.5) is 6.01 Å². The lowest BCUT2D eigenvalue weighted by Crippen LogP contribution is -2.33. The number of hydrogen-bond acceptors (Lipinski definition) is 4. The number of aromatic nitrogens is 2. The highest BCUT2D eigenvalue weighted by atomic mass is 35.5. The smallest absolute Gasteiger partial charge is 0.318 e. The molecule has 1 saturated heterocycles. The molecule has 1 aromatic heterocycles. The highest BCUT2D eigenvalue weighted by molar-refractivity contribution is 6.17. The van der Waals surface area contributed by atoms with Crippen LogP contribution in [0.15, 0.2) is 4.42 Å². The second kappa shape index (κ2) is 5.04. The number of halogens is 1. The minimum absolute atomic E-state index is 0.523. The Morgan fingerprint density at radius 1 is 1.50 bits per heavy atom. The Morgan fingerprint density at radius 2 is 2.31 bits per heavy atom. The molecule has 5 heteroatoms. The van der Waals surface area contributed by atoms with Gasteiger partial charge < -0.3 is 9.32 Å². The van der Waals surface area contributed by atoms with Crippen molar-refractivity contribution >= 4 is 17.6 Å². The van der Waals surface area contributed by atoms with Crippen LogP contribution in [-0.4, -0.2) is 28.7 Å². The zero-order chi connectivity index (χ0) is 11.5. The molecule has 16 heavy (non-hydrogen) atoms. The van der Waals surface area contributed by atoms with Gasteiger partial charge >= 0.3 is 6.01 Å². The summed E-state index contributed by atoms with van der Waals surface area (Å²) in [5, 5.41) is 8.10. The van der Waals surface area contributed by atoms with Crippen molar-refractivity contribution in [2.75, 3.05) is 17.3 Å². The van der Waals surface area contributed by atoms with Gasteiger partial charge in [-0.2, -0.15) is 0 Å². The van der Waals surface area contributed by atoms with Crippen LogP contribution < -0.4 is 4.90 Å². The third kappa shape index (κ3) is 2.32. The molecule has 1 aliphatic rings. The van der Waals surface area contributed by atoms with Gasteiger partial charge in [0.15, 0.2) is 0 Å². The molecule has 1 aliphatic heterocycles. The Labute approximate surface area is 101 Å². The van der Waals surface area contributed by atoms with Gasteiger partial charge in [0.25, 0.3) is 0 Å². The molecule has 1 unspecified atom stereocenters. The summed E-state index contributed by atoms with van der Waals surface area (Å²) in [4.78, 5) is 2.23. The van der Waals surface area contributed by atoms with Gasteiger partial charge in [-0.15, -0.1) is 16.7 Å². The van der Waals surface area contributed by atoms with Crippen molar-refractivity contribution in [2.24, 2.45) is 5.92 Å². The zero-order valence-corrected chi connectivity index (χ0v) is 10.6. The maximum atomic E-state index is 5.64. The Morgan fingerprint density at radius 3 is 3.00 bits per heavy atom. The Kier molecular flexibility index (Phi) is 3.69. The van der Waals surface area contributed by atoms with E-state index in [-0.39, 0.29) is 0 Å². The van der Waals surface area contributed by atoms with E-state index in [1.165, 1.54) is 12.8 Å². The number of rotatable bonds is 4. The van der Waals surface area contributed by atoms with Crippen LogP contribution in [0, 0.1) is 5.92 Å². The van der Waals surface area contributed by atoms with Gasteiger partial charge in [-0.25, -0.2) is 0 Å². The van der Waals surface area contributed by atoms with Gasteiger partial charge in [0.1, 0.15) is 0 Å². The standard InChI is InChI=1S/C11H18ClN3O/c1-8(2)9-4-3-7-15(9)11-14-13-10(16-11)5-6-12/h8-9H,3-7H2,1-2H3. The van der Waals surface area contributed by atoms with Crippen LogP contribution >= 0.6 is 11.6 Å². The Hall–Kier alpha value is -0.770. The van der Waals surface area contributed by atoms with E-state index in [1.54, 1.807) is 0 Å². The first kappa shape index (κ1) is 11.7. The minimum atomic E-state index is 0.523. The summed E-state index contributed by atoms with van der Waals surface area (Å²) in [5.41, 5.74) is 0. The lowest BCUT2D eigenvalue weighted by Gasteiger charge is -2.25. The van der Waals surface area contributed by atoms with E-state index < -0.39 is 0 Å². The maximum Gasteiger partial charge on any atom is 0.318 e.